The van der Waals surface area contributed by atoms with Gasteiger partial charge in [-0.2, -0.15) is 5.10 Å². The molecule has 0 fully saturated rings. The fraction of sp³-hybridized carbons (Fsp3) is 0.300. The Bertz CT molecular complexity index is 832. The van der Waals surface area contributed by atoms with E-state index in [1.54, 1.807) is 21.3 Å². The lowest BCUT2D eigenvalue weighted by atomic mass is 10.1. The first-order chi connectivity index (χ1) is 12.6. The molecule has 0 atom stereocenters. The molecule has 0 unspecified atom stereocenters. The summed E-state index contributed by atoms with van der Waals surface area (Å²) in [4.78, 5) is 12.6. The van der Waals surface area contributed by atoms with Gasteiger partial charge in [-0.3, -0.25) is 4.79 Å². The van der Waals surface area contributed by atoms with Gasteiger partial charge in [0.05, 0.1) is 40.0 Å². The number of methoxy groups -OCH3 is 3. The number of hydrogen-bond acceptors (Lipinski definition) is 5. The molecular formula is C20H22N2O4. The molecule has 0 saturated heterocycles. The highest BCUT2D eigenvalue weighted by atomic mass is 16.5. The summed E-state index contributed by atoms with van der Waals surface area (Å²) in [6.07, 6.45) is 0.955. The number of ether oxygens (including phenoxy) is 3. The number of hydrogen-bond donors (Lipinski definition) is 0. The molecule has 0 aromatic heterocycles. The minimum absolute atomic E-state index is 0.0462. The first kappa shape index (κ1) is 17.8. The van der Waals surface area contributed by atoms with E-state index in [0.717, 1.165) is 28.3 Å². The molecule has 6 heteroatoms. The molecule has 1 amide bonds. The zero-order valence-electron chi connectivity index (χ0n) is 15.2. The Kier molecular flexibility index (Phi) is 5.41. The Labute approximate surface area is 153 Å². The van der Waals surface area contributed by atoms with Crippen molar-refractivity contribution < 1.29 is 19.0 Å². The Morgan fingerprint density at radius 1 is 1.04 bits per heavy atom. The van der Waals surface area contributed by atoms with Crippen LogP contribution in [0, 0.1) is 0 Å². The Morgan fingerprint density at radius 2 is 1.81 bits per heavy atom. The predicted octanol–water partition coefficient (Wildman–Crippen LogP) is 2.89. The number of carbonyl (C=O) groups excluding carboxylic acids is 1. The number of hydrazone groups is 1. The van der Waals surface area contributed by atoms with E-state index in [2.05, 4.69) is 5.10 Å². The fourth-order valence-corrected chi connectivity index (χ4v) is 2.91. The number of nitrogens with zero attached hydrogens (tertiary/aromatic N) is 2. The standard InChI is InChI=1S/C20H22N2O4/c1-24-15-6-4-5-14(11-15)12-20(23)22-10-9-18(21-22)17-13-16(25-2)7-8-19(17)26-3/h4-8,11,13H,9-10,12H2,1-3H3. The summed E-state index contributed by atoms with van der Waals surface area (Å²) >= 11 is 0. The van der Waals surface area contributed by atoms with Gasteiger partial charge in [0.25, 0.3) is 0 Å². The quantitative estimate of drug-likeness (QED) is 0.800. The van der Waals surface area contributed by atoms with Crippen LogP contribution in [0.25, 0.3) is 0 Å². The summed E-state index contributed by atoms with van der Waals surface area (Å²) in [6, 6.07) is 13.1. The topological polar surface area (TPSA) is 60.4 Å². The Hall–Kier alpha value is -3.02. The van der Waals surface area contributed by atoms with Crippen molar-refractivity contribution in [1.82, 2.24) is 5.01 Å². The van der Waals surface area contributed by atoms with Gasteiger partial charge in [-0.1, -0.05) is 12.1 Å². The predicted molar refractivity (Wildman–Crippen MR) is 99.1 cm³/mol. The monoisotopic (exact) mass is 354 g/mol. The Morgan fingerprint density at radius 3 is 2.54 bits per heavy atom. The average molecular weight is 354 g/mol. The van der Waals surface area contributed by atoms with Crippen molar-refractivity contribution in [3.63, 3.8) is 0 Å². The minimum atomic E-state index is -0.0462. The van der Waals surface area contributed by atoms with Gasteiger partial charge in [0.15, 0.2) is 0 Å². The lowest BCUT2D eigenvalue weighted by molar-refractivity contribution is -0.130. The largest absolute Gasteiger partial charge is 0.497 e. The summed E-state index contributed by atoms with van der Waals surface area (Å²) in [5.41, 5.74) is 2.57. The molecule has 1 aliphatic heterocycles. The number of rotatable bonds is 6. The van der Waals surface area contributed by atoms with E-state index in [9.17, 15) is 4.79 Å². The molecule has 2 aromatic rings. The molecule has 0 spiro atoms. The average Bonchev–Trinajstić information content (AvgIpc) is 3.17. The fourth-order valence-electron chi connectivity index (χ4n) is 2.91. The van der Waals surface area contributed by atoms with Crippen molar-refractivity contribution in [2.45, 2.75) is 12.8 Å². The summed E-state index contributed by atoms with van der Waals surface area (Å²) < 4.78 is 15.9. The van der Waals surface area contributed by atoms with Crippen molar-refractivity contribution in [3.05, 3.63) is 53.6 Å². The zero-order chi connectivity index (χ0) is 18.5. The second-order valence-corrected chi connectivity index (χ2v) is 5.91. The highest BCUT2D eigenvalue weighted by Crippen LogP contribution is 2.28. The summed E-state index contributed by atoms with van der Waals surface area (Å²) in [5.74, 6) is 2.13. The molecule has 26 heavy (non-hydrogen) atoms. The van der Waals surface area contributed by atoms with Crippen molar-refractivity contribution in [1.29, 1.82) is 0 Å². The summed E-state index contributed by atoms with van der Waals surface area (Å²) in [6.45, 7) is 0.554. The smallest absolute Gasteiger partial charge is 0.247 e. The molecule has 2 aromatic carbocycles. The molecule has 0 N–H and O–H groups in total. The van der Waals surface area contributed by atoms with E-state index in [0.29, 0.717) is 18.7 Å². The van der Waals surface area contributed by atoms with E-state index in [-0.39, 0.29) is 12.3 Å². The summed E-state index contributed by atoms with van der Waals surface area (Å²) in [5, 5.41) is 6.04. The number of carbonyl (C=O) groups is 1. The van der Waals surface area contributed by atoms with Crippen LogP contribution in [-0.4, -0.2) is 44.5 Å². The van der Waals surface area contributed by atoms with Crippen LogP contribution in [0.5, 0.6) is 17.2 Å². The maximum atomic E-state index is 12.6. The van der Waals surface area contributed by atoms with Gasteiger partial charge < -0.3 is 14.2 Å². The second-order valence-electron chi connectivity index (χ2n) is 5.91. The molecular weight excluding hydrogens is 332 g/mol. The third-order valence-electron chi connectivity index (χ3n) is 4.30. The molecule has 136 valence electrons. The number of amides is 1. The highest BCUT2D eigenvalue weighted by molar-refractivity contribution is 6.05. The zero-order valence-corrected chi connectivity index (χ0v) is 15.2. The second kappa shape index (κ2) is 7.91. The third-order valence-corrected chi connectivity index (χ3v) is 4.30. The molecule has 0 bridgehead atoms. The van der Waals surface area contributed by atoms with Crippen LogP contribution < -0.4 is 14.2 Å². The van der Waals surface area contributed by atoms with Crippen LogP contribution in [0.15, 0.2) is 47.6 Å². The van der Waals surface area contributed by atoms with Gasteiger partial charge in [-0.25, -0.2) is 5.01 Å². The van der Waals surface area contributed by atoms with E-state index in [1.165, 1.54) is 5.01 Å². The molecule has 3 rings (SSSR count). The normalized spacial score (nSPS) is 13.3. The highest BCUT2D eigenvalue weighted by Gasteiger charge is 2.24. The van der Waals surface area contributed by atoms with Gasteiger partial charge in [0, 0.05) is 12.0 Å². The SMILES string of the molecule is COc1cccc(CC(=O)N2CCC(c3cc(OC)ccc3OC)=N2)c1. The van der Waals surface area contributed by atoms with Gasteiger partial charge in [-0.15, -0.1) is 0 Å². The lowest BCUT2D eigenvalue weighted by Gasteiger charge is -2.12. The van der Waals surface area contributed by atoms with E-state index in [1.807, 2.05) is 42.5 Å². The van der Waals surface area contributed by atoms with Crippen LogP contribution in [-0.2, 0) is 11.2 Å². The lowest BCUT2D eigenvalue weighted by Crippen LogP contribution is -2.25. The van der Waals surface area contributed by atoms with Crippen molar-refractivity contribution in [2.24, 2.45) is 5.10 Å². The van der Waals surface area contributed by atoms with E-state index >= 15 is 0 Å². The van der Waals surface area contributed by atoms with Crippen molar-refractivity contribution >= 4 is 11.6 Å². The third kappa shape index (κ3) is 3.79. The van der Waals surface area contributed by atoms with Gasteiger partial charge in [-0.05, 0) is 35.9 Å². The molecule has 1 aliphatic rings. The first-order valence-electron chi connectivity index (χ1n) is 8.37. The van der Waals surface area contributed by atoms with E-state index in [4.69, 9.17) is 14.2 Å². The van der Waals surface area contributed by atoms with Gasteiger partial charge in [0.1, 0.15) is 17.2 Å². The van der Waals surface area contributed by atoms with Crippen LogP contribution in [0.4, 0.5) is 0 Å². The van der Waals surface area contributed by atoms with E-state index < -0.39 is 0 Å². The molecule has 1 heterocycles. The number of benzene rings is 2. The maximum Gasteiger partial charge on any atom is 0.247 e. The minimum Gasteiger partial charge on any atom is -0.497 e. The maximum absolute atomic E-state index is 12.6. The van der Waals surface area contributed by atoms with Crippen molar-refractivity contribution in [2.75, 3.05) is 27.9 Å². The van der Waals surface area contributed by atoms with Crippen LogP contribution in [0.2, 0.25) is 0 Å². The van der Waals surface area contributed by atoms with Gasteiger partial charge in [0.2, 0.25) is 5.91 Å². The summed E-state index contributed by atoms with van der Waals surface area (Å²) in [7, 11) is 4.85. The van der Waals surface area contributed by atoms with Crippen LogP contribution >= 0.6 is 0 Å². The van der Waals surface area contributed by atoms with Crippen LogP contribution in [0.3, 0.4) is 0 Å². The van der Waals surface area contributed by atoms with Crippen molar-refractivity contribution in [3.8, 4) is 17.2 Å². The Balaban J connectivity index is 1.77. The first-order valence-corrected chi connectivity index (χ1v) is 8.37. The van der Waals surface area contributed by atoms with Crippen LogP contribution in [0.1, 0.15) is 17.5 Å². The van der Waals surface area contributed by atoms with Gasteiger partial charge >= 0.3 is 0 Å². The molecule has 0 saturated carbocycles. The molecule has 6 nitrogen and oxygen atoms in total. The molecule has 0 radical (unpaired) electrons. The molecule has 0 aliphatic carbocycles.